The number of amides is 1. The second kappa shape index (κ2) is 8.34. The predicted molar refractivity (Wildman–Crippen MR) is 93.9 cm³/mol. The molecule has 0 aliphatic carbocycles. The van der Waals surface area contributed by atoms with Crippen LogP contribution >= 0.6 is 0 Å². The predicted octanol–water partition coefficient (Wildman–Crippen LogP) is 3.23. The third-order valence-electron chi connectivity index (χ3n) is 4.57. The van der Waals surface area contributed by atoms with Crippen molar-refractivity contribution >= 4 is 5.91 Å². The Morgan fingerprint density at radius 2 is 1.91 bits per heavy atom. The van der Waals surface area contributed by atoms with Gasteiger partial charge in [-0.1, -0.05) is 20.8 Å². The summed E-state index contributed by atoms with van der Waals surface area (Å²) >= 11 is 0. The van der Waals surface area contributed by atoms with Crippen LogP contribution in [0.25, 0.3) is 0 Å². The zero-order chi connectivity index (χ0) is 16.7. The van der Waals surface area contributed by atoms with E-state index in [0.717, 1.165) is 51.3 Å². The van der Waals surface area contributed by atoms with Gasteiger partial charge >= 0.3 is 0 Å². The van der Waals surface area contributed by atoms with Crippen LogP contribution in [0, 0.1) is 11.3 Å². The molecule has 0 unspecified atom stereocenters. The molecular weight excluding hydrogens is 288 g/mol. The molecule has 1 heterocycles. The molecule has 0 atom stereocenters. The van der Waals surface area contributed by atoms with Crippen LogP contribution in [-0.4, -0.2) is 32.1 Å². The van der Waals surface area contributed by atoms with Gasteiger partial charge in [0, 0.05) is 12.1 Å². The number of carbonyl (C=O) groups excluding carboxylic acids is 1. The Kier molecular flexibility index (Phi) is 6.46. The van der Waals surface area contributed by atoms with Crippen molar-refractivity contribution in [3.8, 4) is 5.75 Å². The number of hydrogen-bond donors (Lipinski definition) is 2. The molecule has 0 bridgehead atoms. The summed E-state index contributed by atoms with van der Waals surface area (Å²) in [6.07, 6.45) is 3.25. The molecule has 23 heavy (non-hydrogen) atoms. The van der Waals surface area contributed by atoms with Crippen molar-refractivity contribution in [3.05, 3.63) is 29.8 Å². The van der Waals surface area contributed by atoms with E-state index in [2.05, 4.69) is 31.4 Å². The molecular formula is C19H30N2O2. The van der Waals surface area contributed by atoms with Crippen molar-refractivity contribution in [2.24, 2.45) is 11.3 Å². The third-order valence-corrected chi connectivity index (χ3v) is 4.57. The largest absolute Gasteiger partial charge is 0.494 e. The molecule has 0 radical (unpaired) electrons. The maximum atomic E-state index is 12.3. The highest BCUT2D eigenvalue weighted by molar-refractivity contribution is 5.94. The molecule has 2 N–H and O–H groups in total. The number of nitrogens with one attached hydrogen (secondary N) is 2. The van der Waals surface area contributed by atoms with E-state index in [1.807, 2.05) is 24.3 Å². The van der Waals surface area contributed by atoms with Crippen LogP contribution in [0.1, 0.15) is 50.4 Å². The van der Waals surface area contributed by atoms with Gasteiger partial charge < -0.3 is 15.4 Å². The van der Waals surface area contributed by atoms with Gasteiger partial charge in [0.15, 0.2) is 0 Å². The minimum absolute atomic E-state index is 0.00140. The van der Waals surface area contributed by atoms with E-state index in [-0.39, 0.29) is 11.3 Å². The summed E-state index contributed by atoms with van der Waals surface area (Å²) < 4.78 is 5.68. The Morgan fingerprint density at radius 1 is 1.26 bits per heavy atom. The maximum absolute atomic E-state index is 12.3. The number of carbonyl (C=O) groups is 1. The SMILES string of the molecule is CC(C)CCOc1ccc(C(=O)NCC2(C)CCNCC2)cc1. The van der Waals surface area contributed by atoms with Gasteiger partial charge in [-0.25, -0.2) is 0 Å². The van der Waals surface area contributed by atoms with Crippen LogP contribution in [0.3, 0.4) is 0 Å². The van der Waals surface area contributed by atoms with E-state index in [1.165, 1.54) is 0 Å². The average Bonchev–Trinajstić information content (AvgIpc) is 2.54. The fourth-order valence-corrected chi connectivity index (χ4v) is 2.72. The van der Waals surface area contributed by atoms with Gasteiger partial charge in [0.2, 0.25) is 0 Å². The lowest BCUT2D eigenvalue weighted by atomic mass is 9.81. The van der Waals surface area contributed by atoms with Crippen molar-refractivity contribution in [2.75, 3.05) is 26.2 Å². The number of rotatable bonds is 7. The summed E-state index contributed by atoms with van der Waals surface area (Å²) in [5.74, 6) is 1.46. The van der Waals surface area contributed by atoms with Crippen molar-refractivity contribution in [1.29, 1.82) is 0 Å². The highest BCUT2D eigenvalue weighted by atomic mass is 16.5. The fraction of sp³-hybridized carbons (Fsp3) is 0.632. The van der Waals surface area contributed by atoms with Crippen molar-refractivity contribution < 1.29 is 9.53 Å². The lowest BCUT2D eigenvalue weighted by molar-refractivity contribution is 0.0922. The summed E-state index contributed by atoms with van der Waals surface area (Å²) in [5.41, 5.74) is 0.902. The molecule has 1 saturated heterocycles. The Bertz CT molecular complexity index is 491. The summed E-state index contributed by atoms with van der Waals surface area (Å²) in [6, 6.07) is 7.43. The molecule has 0 saturated carbocycles. The Balaban J connectivity index is 1.80. The number of ether oxygens (including phenoxy) is 1. The van der Waals surface area contributed by atoms with Gasteiger partial charge in [0.25, 0.3) is 5.91 Å². The quantitative estimate of drug-likeness (QED) is 0.811. The normalized spacial score (nSPS) is 17.0. The zero-order valence-corrected chi connectivity index (χ0v) is 14.7. The van der Waals surface area contributed by atoms with E-state index >= 15 is 0 Å². The first-order valence-electron chi connectivity index (χ1n) is 8.70. The molecule has 4 heteroatoms. The Labute approximate surface area is 140 Å². The fourth-order valence-electron chi connectivity index (χ4n) is 2.72. The molecule has 0 spiro atoms. The second-order valence-electron chi connectivity index (χ2n) is 7.30. The highest BCUT2D eigenvalue weighted by Crippen LogP contribution is 2.26. The standard InChI is InChI=1S/C19H30N2O2/c1-15(2)8-13-23-17-6-4-16(5-7-17)18(22)21-14-19(3)9-11-20-12-10-19/h4-7,15,20H,8-14H2,1-3H3,(H,21,22). The summed E-state index contributed by atoms with van der Waals surface area (Å²) in [7, 11) is 0. The summed E-state index contributed by atoms with van der Waals surface area (Å²) in [6.45, 7) is 10.1. The Morgan fingerprint density at radius 3 is 2.52 bits per heavy atom. The van der Waals surface area contributed by atoms with E-state index in [1.54, 1.807) is 0 Å². The van der Waals surface area contributed by atoms with Gasteiger partial charge in [-0.05, 0) is 68.0 Å². The van der Waals surface area contributed by atoms with Gasteiger partial charge in [0.1, 0.15) is 5.75 Å². The molecule has 1 fully saturated rings. The van der Waals surface area contributed by atoms with Gasteiger partial charge in [-0.2, -0.15) is 0 Å². The first kappa shape index (κ1) is 17.8. The van der Waals surface area contributed by atoms with Crippen molar-refractivity contribution in [2.45, 2.75) is 40.0 Å². The first-order chi connectivity index (χ1) is 11.0. The van der Waals surface area contributed by atoms with Crippen LogP contribution < -0.4 is 15.4 Å². The van der Waals surface area contributed by atoms with E-state index < -0.39 is 0 Å². The first-order valence-corrected chi connectivity index (χ1v) is 8.70. The molecule has 4 nitrogen and oxygen atoms in total. The molecule has 128 valence electrons. The zero-order valence-electron chi connectivity index (χ0n) is 14.7. The molecule has 1 amide bonds. The van der Waals surface area contributed by atoms with Gasteiger partial charge in [0.05, 0.1) is 6.61 Å². The van der Waals surface area contributed by atoms with Crippen LogP contribution in [-0.2, 0) is 0 Å². The monoisotopic (exact) mass is 318 g/mol. The van der Waals surface area contributed by atoms with Crippen LogP contribution in [0.4, 0.5) is 0 Å². The average molecular weight is 318 g/mol. The number of piperidine rings is 1. The molecule has 0 aromatic heterocycles. The highest BCUT2D eigenvalue weighted by Gasteiger charge is 2.27. The van der Waals surface area contributed by atoms with Crippen LogP contribution in [0.15, 0.2) is 24.3 Å². The second-order valence-corrected chi connectivity index (χ2v) is 7.30. The van der Waals surface area contributed by atoms with E-state index in [9.17, 15) is 4.79 Å². The Hall–Kier alpha value is -1.55. The number of hydrogen-bond acceptors (Lipinski definition) is 3. The van der Waals surface area contributed by atoms with E-state index in [0.29, 0.717) is 11.5 Å². The summed E-state index contributed by atoms with van der Waals surface area (Å²) in [5, 5.41) is 6.44. The number of benzene rings is 1. The molecule has 1 aromatic carbocycles. The topological polar surface area (TPSA) is 50.4 Å². The van der Waals surface area contributed by atoms with Crippen molar-refractivity contribution in [3.63, 3.8) is 0 Å². The summed E-state index contributed by atoms with van der Waals surface area (Å²) in [4.78, 5) is 12.3. The lowest BCUT2D eigenvalue weighted by Crippen LogP contribution is -2.42. The minimum atomic E-state index is -0.00140. The van der Waals surface area contributed by atoms with Crippen LogP contribution in [0.5, 0.6) is 5.75 Å². The smallest absolute Gasteiger partial charge is 0.251 e. The molecule has 1 aromatic rings. The van der Waals surface area contributed by atoms with Gasteiger partial charge in [-0.15, -0.1) is 0 Å². The third kappa shape index (κ3) is 5.87. The van der Waals surface area contributed by atoms with Gasteiger partial charge in [-0.3, -0.25) is 4.79 Å². The van der Waals surface area contributed by atoms with Crippen LogP contribution in [0.2, 0.25) is 0 Å². The lowest BCUT2D eigenvalue weighted by Gasteiger charge is -2.34. The maximum Gasteiger partial charge on any atom is 0.251 e. The molecule has 1 aliphatic heterocycles. The minimum Gasteiger partial charge on any atom is -0.494 e. The van der Waals surface area contributed by atoms with E-state index in [4.69, 9.17) is 4.74 Å². The van der Waals surface area contributed by atoms with Crippen molar-refractivity contribution in [1.82, 2.24) is 10.6 Å². The molecule has 1 aliphatic rings. The molecule has 2 rings (SSSR count).